The monoisotopic (exact) mass is 570 g/mol. The number of nitrogens with two attached hydrogens (primary N) is 1. The van der Waals surface area contributed by atoms with Crippen molar-refractivity contribution < 1.29 is 9.59 Å². The largest absolute Gasteiger partial charge is 0.351 e. The third-order valence-corrected chi connectivity index (χ3v) is 9.21. The van der Waals surface area contributed by atoms with E-state index in [1.165, 1.54) is 27.8 Å². The number of aryl methyl sites for hydroxylation is 2. The molecule has 0 spiro atoms. The van der Waals surface area contributed by atoms with E-state index in [4.69, 9.17) is 22.3 Å². The first-order valence-electron chi connectivity index (χ1n) is 13.1. The fraction of sp³-hybridized carbons (Fsp3) is 0.519. The molecule has 2 saturated heterocycles. The Morgan fingerprint density at radius 2 is 1.69 bits per heavy atom. The summed E-state index contributed by atoms with van der Waals surface area (Å²) in [5.41, 5.74) is 11.7. The highest BCUT2D eigenvalue weighted by Gasteiger charge is 2.36. The average Bonchev–Trinajstić information content (AvgIpc) is 3.01. The van der Waals surface area contributed by atoms with Crippen molar-refractivity contribution in [2.75, 3.05) is 26.2 Å². The maximum Gasteiger partial charge on any atom is 0.314 e. The fourth-order valence-corrected chi connectivity index (χ4v) is 7.52. The van der Waals surface area contributed by atoms with E-state index in [1.54, 1.807) is 4.90 Å². The van der Waals surface area contributed by atoms with E-state index in [-0.39, 0.29) is 17.9 Å². The van der Waals surface area contributed by atoms with Crippen LogP contribution in [0.3, 0.4) is 0 Å². The number of hydrogen-bond donors (Lipinski definition) is 1. The van der Waals surface area contributed by atoms with Gasteiger partial charge in [-0.05, 0) is 79.2 Å². The second-order valence-corrected chi connectivity index (χ2v) is 12.0. The van der Waals surface area contributed by atoms with Crippen LogP contribution < -0.4 is 11.2 Å². The molecule has 9 heteroatoms. The van der Waals surface area contributed by atoms with E-state index in [0.717, 1.165) is 61.1 Å². The summed E-state index contributed by atoms with van der Waals surface area (Å²) in [6, 6.07) is 6.06. The summed E-state index contributed by atoms with van der Waals surface area (Å²) in [7, 11) is 2.11. The molecule has 0 bridgehead atoms. The highest BCUT2D eigenvalue weighted by Crippen LogP contribution is 2.45. The van der Waals surface area contributed by atoms with Gasteiger partial charge in [0, 0.05) is 54.2 Å². The first kappa shape index (κ1) is 25.6. The van der Waals surface area contributed by atoms with Crippen LogP contribution in [-0.4, -0.2) is 60.7 Å². The topological polar surface area (TPSA) is 79.5 Å². The summed E-state index contributed by atoms with van der Waals surface area (Å²) in [6.07, 6.45) is 8.09. The first-order chi connectivity index (χ1) is 17.3. The number of halogens is 2. The molecule has 5 rings (SSSR count). The van der Waals surface area contributed by atoms with Gasteiger partial charge in [-0.15, -0.1) is 0 Å². The van der Waals surface area contributed by atoms with E-state index in [9.17, 15) is 9.59 Å². The molecule has 1 aromatic carbocycles. The van der Waals surface area contributed by atoms with Crippen LogP contribution in [0.4, 0.5) is 4.79 Å². The lowest BCUT2D eigenvalue weighted by Gasteiger charge is -2.38. The molecular formula is C27H33BBrClN4O2. The summed E-state index contributed by atoms with van der Waals surface area (Å²) >= 11 is 10.3. The lowest BCUT2D eigenvalue weighted by molar-refractivity contribution is -0.134. The molecule has 2 N–H and O–H groups in total. The molecule has 3 aliphatic rings. The van der Waals surface area contributed by atoms with Crippen molar-refractivity contribution in [3.8, 4) is 0 Å². The van der Waals surface area contributed by atoms with Gasteiger partial charge in [0.2, 0.25) is 5.91 Å². The Hall–Kier alpha value is -2.06. The van der Waals surface area contributed by atoms with Gasteiger partial charge in [-0.25, -0.2) is 4.79 Å². The number of pyridine rings is 1. The van der Waals surface area contributed by atoms with Crippen LogP contribution in [-0.2, 0) is 17.6 Å². The van der Waals surface area contributed by atoms with Crippen LogP contribution in [0.5, 0.6) is 0 Å². The van der Waals surface area contributed by atoms with Crippen LogP contribution in [0.1, 0.15) is 60.4 Å². The van der Waals surface area contributed by atoms with Gasteiger partial charge in [0.1, 0.15) is 7.85 Å². The number of urea groups is 1. The zero-order chi connectivity index (χ0) is 25.4. The fourth-order valence-electron chi connectivity index (χ4n) is 6.39. The third-order valence-electron chi connectivity index (χ3n) is 8.34. The smallest absolute Gasteiger partial charge is 0.314 e. The molecule has 3 amide bonds. The molecule has 190 valence electrons. The molecule has 0 radical (unpaired) electrons. The van der Waals surface area contributed by atoms with Gasteiger partial charge in [0.25, 0.3) is 0 Å². The van der Waals surface area contributed by atoms with Gasteiger partial charge in [-0.2, -0.15) is 0 Å². The number of rotatable bonds is 3. The Balaban J connectivity index is 1.31. The number of benzene rings is 1. The van der Waals surface area contributed by atoms with E-state index in [0.29, 0.717) is 31.3 Å². The maximum absolute atomic E-state index is 13.1. The van der Waals surface area contributed by atoms with Gasteiger partial charge < -0.3 is 15.5 Å². The van der Waals surface area contributed by atoms with Crippen LogP contribution in [0.25, 0.3) is 0 Å². The van der Waals surface area contributed by atoms with Crippen LogP contribution in [0, 0.1) is 11.8 Å². The molecule has 0 saturated carbocycles. The lowest BCUT2D eigenvalue weighted by atomic mass is 9.76. The van der Waals surface area contributed by atoms with E-state index < -0.39 is 0 Å². The van der Waals surface area contributed by atoms with Gasteiger partial charge in [-0.3, -0.25) is 9.78 Å². The van der Waals surface area contributed by atoms with E-state index in [2.05, 4.69) is 40.8 Å². The minimum absolute atomic E-state index is 0.195. The van der Waals surface area contributed by atoms with Crippen molar-refractivity contribution in [3.05, 3.63) is 56.3 Å². The molecule has 2 aliphatic heterocycles. The first-order valence-corrected chi connectivity index (χ1v) is 14.2. The van der Waals surface area contributed by atoms with E-state index >= 15 is 0 Å². The van der Waals surface area contributed by atoms with Crippen molar-refractivity contribution in [2.24, 2.45) is 17.6 Å². The molecule has 6 nitrogen and oxygen atoms in total. The number of hydrogen-bond acceptors (Lipinski definition) is 3. The highest BCUT2D eigenvalue weighted by atomic mass is 79.9. The van der Waals surface area contributed by atoms with Gasteiger partial charge >= 0.3 is 6.03 Å². The van der Waals surface area contributed by atoms with Crippen LogP contribution in [0.15, 0.2) is 28.9 Å². The van der Waals surface area contributed by atoms with Gasteiger partial charge in [-0.1, -0.05) is 39.1 Å². The zero-order valence-corrected chi connectivity index (χ0v) is 23.2. The number of amides is 3. The molecule has 1 aliphatic carbocycles. The Bertz CT molecular complexity index is 1160. The highest BCUT2D eigenvalue weighted by molar-refractivity contribution is 9.10. The second kappa shape index (κ2) is 10.7. The number of fused-ring (bicyclic) bond motifs is 2. The molecule has 3 heterocycles. The average molecular weight is 572 g/mol. The Morgan fingerprint density at radius 1 is 1.03 bits per heavy atom. The normalized spacial score (nSPS) is 21.0. The number of nitrogens with zero attached hydrogens (tertiary/aromatic N) is 3. The summed E-state index contributed by atoms with van der Waals surface area (Å²) in [5.74, 6) is 1.19. The number of piperidine rings is 2. The summed E-state index contributed by atoms with van der Waals surface area (Å²) in [6.45, 7) is 2.87. The SMILES string of the molecule is Bc1cnc2c(c1)CCc1cc(Cl)cc(Br)c1C2C1CCN(C(=O)CC2CCN(C(N)=O)CC2)CC1. The molecule has 1 unspecified atom stereocenters. The molecule has 36 heavy (non-hydrogen) atoms. The number of carbonyl (C=O) groups is 2. The van der Waals surface area contributed by atoms with Crippen molar-refractivity contribution in [1.82, 2.24) is 14.8 Å². The summed E-state index contributed by atoms with van der Waals surface area (Å²) in [5, 5.41) is 0.761. The minimum Gasteiger partial charge on any atom is -0.351 e. The molecule has 2 fully saturated rings. The number of aromatic nitrogens is 1. The number of likely N-dealkylation sites (tertiary alicyclic amines) is 2. The van der Waals surface area contributed by atoms with Crippen molar-refractivity contribution in [1.29, 1.82) is 0 Å². The minimum atomic E-state index is -0.359. The molecule has 1 aromatic heterocycles. The predicted octanol–water partition coefficient (Wildman–Crippen LogP) is 3.41. The second-order valence-electron chi connectivity index (χ2n) is 10.7. The number of carbonyl (C=O) groups excluding carboxylic acids is 2. The van der Waals surface area contributed by atoms with Gasteiger partial charge in [0.05, 0.1) is 5.69 Å². The number of primary amides is 1. The van der Waals surface area contributed by atoms with E-state index in [1.807, 2.05) is 12.3 Å². The van der Waals surface area contributed by atoms with Crippen LogP contribution >= 0.6 is 27.5 Å². The third kappa shape index (κ3) is 5.30. The quantitative estimate of drug-likeness (QED) is 0.574. The lowest BCUT2D eigenvalue weighted by Crippen LogP contribution is -2.44. The van der Waals surface area contributed by atoms with Crippen molar-refractivity contribution >= 4 is 52.8 Å². The zero-order valence-electron chi connectivity index (χ0n) is 20.8. The maximum atomic E-state index is 13.1. The summed E-state index contributed by atoms with van der Waals surface area (Å²) in [4.78, 5) is 33.2. The Kier molecular flexibility index (Phi) is 7.64. The van der Waals surface area contributed by atoms with Crippen LogP contribution in [0.2, 0.25) is 5.02 Å². The Labute approximate surface area is 227 Å². The Morgan fingerprint density at radius 3 is 2.39 bits per heavy atom. The molecule has 2 aromatic rings. The van der Waals surface area contributed by atoms with Crippen molar-refractivity contribution in [3.63, 3.8) is 0 Å². The standard InChI is InChI=1S/C27H33BBrClN4O2/c28-20-12-19-2-1-18-13-21(30)14-22(29)24(18)25(26(19)32-15-20)17-5-9-33(10-6-17)23(35)11-16-3-7-34(8-4-16)27(31)36/h12-17,25H,1-11,28H2,(H2,31,36). The summed E-state index contributed by atoms with van der Waals surface area (Å²) < 4.78 is 1.06. The predicted molar refractivity (Wildman–Crippen MR) is 149 cm³/mol. The molecule has 1 atom stereocenters. The van der Waals surface area contributed by atoms with Gasteiger partial charge in [0.15, 0.2) is 0 Å². The van der Waals surface area contributed by atoms with Crippen molar-refractivity contribution in [2.45, 2.75) is 50.9 Å². The molecular weight excluding hydrogens is 538 g/mol.